The third kappa shape index (κ3) is 1.20. The Morgan fingerprint density at radius 1 is 1.33 bits per heavy atom. The maximum atomic E-state index is 13.3. The van der Waals surface area contributed by atoms with E-state index in [0.717, 1.165) is 23.2 Å². The van der Waals surface area contributed by atoms with Crippen LogP contribution in [0.15, 0.2) is 6.07 Å². The first kappa shape index (κ1) is 9.20. The van der Waals surface area contributed by atoms with E-state index in [0.29, 0.717) is 18.8 Å². The van der Waals surface area contributed by atoms with Crippen LogP contribution >= 0.6 is 0 Å². The average molecular weight is 205 g/mol. The van der Waals surface area contributed by atoms with E-state index in [1.54, 1.807) is 0 Å². The van der Waals surface area contributed by atoms with Crippen LogP contribution in [0.1, 0.15) is 41.5 Å². The molecule has 1 nitrogen and oxygen atoms in total. The number of rotatable bonds is 0. The molecule has 80 valence electrons. The lowest BCUT2D eigenvalue weighted by Gasteiger charge is -2.13. The zero-order valence-electron chi connectivity index (χ0n) is 9.02. The van der Waals surface area contributed by atoms with Crippen LogP contribution in [0.4, 0.5) is 10.1 Å². The van der Waals surface area contributed by atoms with Crippen LogP contribution in [-0.4, -0.2) is 6.17 Å². The third-order valence-corrected chi connectivity index (χ3v) is 3.90. The summed E-state index contributed by atoms with van der Waals surface area (Å²) in [5, 5.41) is 0. The molecule has 2 atom stereocenters. The van der Waals surface area contributed by atoms with Gasteiger partial charge in [-0.1, -0.05) is 13.0 Å². The van der Waals surface area contributed by atoms with Crippen molar-refractivity contribution >= 4 is 5.69 Å². The molecule has 2 N–H and O–H groups in total. The van der Waals surface area contributed by atoms with Gasteiger partial charge in [-0.25, -0.2) is 4.39 Å². The van der Waals surface area contributed by atoms with Crippen molar-refractivity contribution in [3.63, 3.8) is 0 Å². The van der Waals surface area contributed by atoms with E-state index in [4.69, 9.17) is 5.73 Å². The van der Waals surface area contributed by atoms with Crippen LogP contribution in [0.2, 0.25) is 0 Å². The topological polar surface area (TPSA) is 26.0 Å². The standard InChI is InChI=1S/C13H16FN/c1-7-2-3-8-4-9-5-10(14)6-11(9)13(15)12(7)8/h4,7,10H,2-3,5-6,15H2,1H3/t7?,10-/m0/s1. The molecule has 0 aromatic heterocycles. The lowest BCUT2D eigenvalue weighted by atomic mass is 9.95. The van der Waals surface area contributed by atoms with E-state index in [9.17, 15) is 4.39 Å². The lowest BCUT2D eigenvalue weighted by Crippen LogP contribution is -2.02. The second kappa shape index (κ2) is 2.97. The molecule has 0 heterocycles. The van der Waals surface area contributed by atoms with Gasteiger partial charge in [0.2, 0.25) is 0 Å². The molecular weight excluding hydrogens is 189 g/mol. The van der Waals surface area contributed by atoms with Crippen molar-refractivity contribution in [3.05, 3.63) is 28.3 Å². The second-order valence-electron chi connectivity index (χ2n) is 4.95. The first-order chi connectivity index (χ1) is 7.16. The molecular formula is C13H16FN. The number of benzene rings is 1. The molecule has 0 saturated heterocycles. The van der Waals surface area contributed by atoms with E-state index in [1.165, 1.54) is 17.5 Å². The third-order valence-electron chi connectivity index (χ3n) is 3.90. The summed E-state index contributed by atoms with van der Waals surface area (Å²) in [6.45, 7) is 2.22. The largest absolute Gasteiger partial charge is 0.398 e. The Labute approximate surface area is 89.5 Å². The van der Waals surface area contributed by atoms with E-state index in [1.807, 2.05) is 0 Å². The Kier molecular flexibility index (Phi) is 1.82. The van der Waals surface area contributed by atoms with Crippen LogP contribution in [-0.2, 0) is 19.3 Å². The molecule has 0 radical (unpaired) electrons. The number of nitrogen functional groups attached to an aromatic ring is 1. The number of nitrogens with two attached hydrogens (primary N) is 1. The van der Waals surface area contributed by atoms with Crippen molar-refractivity contribution in [2.24, 2.45) is 0 Å². The summed E-state index contributed by atoms with van der Waals surface area (Å²) in [6, 6.07) is 2.20. The SMILES string of the molecule is CC1CCc2cc3c(c(N)c21)C[C@@H](F)C3. The van der Waals surface area contributed by atoms with Crippen LogP contribution in [0.3, 0.4) is 0 Å². The summed E-state index contributed by atoms with van der Waals surface area (Å²) in [5.74, 6) is 0.559. The molecule has 15 heavy (non-hydrogen) atoms. The summed E-state index contributed by atoms with van der Waals surface area (Å²) < 4.78 is 13.3. The number of aryl methyl sites for hydroxylation is 1. The zero-order valence-corrected chi connectivity index (χ0v) is 9.02. The molecule has 0 bridgehead atoms. The van der Waals surface area contributed by atoms with Crippen LogP contribution in [0.25, 0.3) is 0 Å². The monoisotopic (exact) mass is 205 g/mol. The Balaban J connectivity index is 2.19. The fourth-order valence-electron chi connectivity index (χ4n) is 3.14. The highest BCUT2D eigenvalue weighted by atomic mass is 19.1. The van der Waals surface area contributed by atoms with Crippen LogP contribution in [0.5, 0.6) is 0 Å². The van der Waals surface area contributed by atoms with Gasteiger partial charge in [-0.15, -0.1) is 0 Å². The molecule has 0 spiro atoms. The molecule has 3 rings (SSSR count). The molecule has 1 aromatic carbocycles. The molecule has 2 aliphatic carbocycles. The lowest BCUT2D eigenvalue weighted by molar-refractivity contribution is 0.349. The van der Waals surface area contributed by atoms with Gasteiger partial charge in [-0.3, -0.25) is 0 Å². The van der Waals surface area contributed by atoms with Crippen molar-refractivity contribution in [1.82, 2.24) is 0 Å². The van der Waals surface area contributed by atoms with Crippen molar-refractivity contribution in [3.8, 4) is 0 Å². The smallest absolute Gasteiger partial charge is 0.108 e. The predicted octanol–water partition coefficient (Wildman–Crippen LogP) is 2.76. The van der Waals surface area contributed by atoms with Crippen molar-refractivity contribution in [2.75, 3.05) is 5.73 Å². The van der Waals surface area contributed by atoms with Gasteiger partial charge in [-0.2, -0.15) is 0 Å². The minimum atomic E-state index is -0.708. The maximum absolute atomic E-state index is 13.3. The predicted molar refractivity (Wildman–Crippen MR) is 59.9 cm³/mol. The number of anilines is 1. The summed E-state index contributed by atoms with van der Waals surface area (Å²) in [4.78, 5) is 0. The number of alkyl halides is 1. The normalized spacial score (nSPS) is 27.9. The molecule has 1 aromatic rings. The van der Waals surface area contributed by atoms with E-state index >= 15 is 0 Å². The number of hydrogen-bond donors (Lipinski definition) is 1. The summed E-state index contributed by atoms with van der Waals surface area (Å²) in [7, 11) is 0. The van der Waals surface area contributed by atoms with Gasteiger partial charge in [0.1, 0.15) is 6.17 Å². The second-order valence-corrected chi connectivity index (χ2v) is 4.95. The average Bonchev–Trinajstić information content (AvgIpc) is 2.71. The summed E-state index contributed by atoms with van der Waals surface area (Å²) >= 11 is 0. The van der Waals surface area contributed by atoms with Gasteiger partial charge in [-0.05, 0) is 41.0 Å². The van der Waals surface area contributed by atoms with Crippen molar-refractivity contribution in [1.29, 1.82) is 0 Å². The summed E-state index contributed by atoms with van der Waals surface area (Å²) in [5.41, 5.74) is 12.0. The quantitative estimate of drug-likeness (QED) is 0.647. The minimum Gasteiger partial charge on any atom is -0.398 e. The van der Waals surface area contributed by atoms with Gasteiger partial charge in [0.15, 0.2) is 0 Å². The molecule has 2 heteroatoms. The molecule has 0 aliphatic heterocycles. The summed E-state index contributed by atoms with van der Waals surface area (Å²) in [6.07, 6.45) is 2.70. The molecule has 2 aliphatic rings. The highest BCUT2D eigenvalue weighted by molar-refractivity contribution is 5.64. The zero-order chi connectivity index (χ0) is 10.6. The Bertz CT molecular complexity index is 425. The minimum absolute atomic E-state index is 0.529. The van der Waals surface area contributed by atoms with Gasteiger partial charge in [0, 0.05) is 18.5 Å². The van der Waals surface area contributed by atoms with Crippen molar-refractivity contribution in [2.45, 2.75) is 44.7 Å². The van der Waals surface area contributed by atoms with Crippen LogP contribution < -0.4 is 5.73 Å². The van der Waals surface area contributed by atoms with E-state index < -0.39 is 6.17 Å². The fraction of sp³-hybridized carbons (Fsp3) is 0.538. The van der Waals surface area contributed by atoms with Crippen LogP contribution in [0, 0.1) is 0 Å². The van der Waals surface area contributed by atoms with Gasteiger partial charge in [0.05, 0.1) is 0 Å². The molecule has 1 unspecified atom stereocenters. The van der Waals surface area contributed by atoms with Gasteiger partial charge >= 0.3 is 0 Å². The van der Waals surface area contributed by atoms with E-state index in [-0.39, 0.29) is 0 Å². The first-order valence-corrected chi connectivity index (χ1v) is 5.74. The first-order valence-electron chi connectivity index (χ1n) is 5.74. The molecule has 0 amide bonds. The number of fused-ring (bicyclic) bond motifs is 2. The fourth-order valence-corrected chi connectivity index (χ4v) is 3.14. The van der Waals surface area contributed by atoms with Gasteiger partial charge in [0.25, 0.3) is 0 Å². The Hall–Kier alpha value is -1.05. The maximum Gasteiger partial charge on any atom is 0.108 e. The molecule has 0 saturated carbocycles. The Morgan fingerprint density at radius 3 is 2.93 bits per heavy atom. The van der Waals surface area contributed by atoms with E-state index in [2.05, 4.69) is 13.0 Å². The van der Waals surface area contributed by atoms with Gasteiger partial charge < -0.3 is 5.73 Å². The number of halogens is 1. The molecule has 0 fully saturated rings. The van der Waals surface area contributed by atoms with Crippen molar-refractivity contribution < 1.29 is 4.39 Å². The highest BCUT2D eigenvalue weighted by Crippen LogP contribution is 2.42. The number of hydrogen-bond acceptors (Lipinski definition) is 1. The Morgan fingerprint density at radius 2 is 2.13 bits per heavy atom. The highest BCUT2D eigenvalue weighted by Gasteiger charge is 2.29.